The Kier molecular flexibility index (Phi) is 4.74. The van der Waals surface area contributed by atoms with Gasteiger partial charge in [0.15, 0.2) is 0 Å². The lowest BCUT2D eigenvalue weighted by atomic mass is 9.99. The van der Waals surface area contributed by atoms with Crippen LogP contribution < -0.4 is 5.32 Å². The Morgan fingerprint density at radius 1 is 1.38 bits per heavy atom. The van der Waals surface area contributed by atoms with Crippen LogP contribution in [0.3, 0.4) is 0 Å². The molecular weight excluding hydrogens is 162 g/mol. The highest BCUT2D eigenvalue weighted by Crippen LogP contribution is 2.27. The summed E-state index contributed by atoms with van der Waals surface area (Å²) in [6.45, 7) is 4.65. The molecule has 1 fully saturated rings. The molecule has 2 atom stereocenters. The Morgan fingerprint density at radius 3 is 2.46 bits per heavy atom. The van der Waals surface area contributed by atoms with Crippen molar-refractivity contribution in [1.82, 2.24) is 5.32 Å². The molecule has 1 aliphatic carbocycles. The third-order valence-electron chi connectivity index (χ3n) is 3.32. The van der Waals surface area contributed by atoms with Gasteiger partial charge in [-0.3, -0.25) is 0 Å². The van der Waals surface area contributed by atoms with E-state index in [1.165, 1.54) is 25.7 Å². The van der Waals surface area contributed by atoms with Crippen LogP contribution in [0.15, 0.2) is 0 Å². The highest BCUT2D eigenvalue weighted by atomic mass is 16.3. The van der Waals surface area contributed by atoms with Gasteiger partial charge in [-0.1, -0.05) is 19.8 Å². The van der Waals surface area contributed by atoms with Crippen molar-refractivity contribution in [3.63, 3.8) is 0 Å². The number of aliphatic hydroxyl groups is 1. The van der Waals surface area contributed by atoms with E-state index < -0.39 is 0 Å². The van der Waals surface area contributed by atoms with E-state index in [0.29, 0.717) is 12.1 Å². The zero-order valence-corrected chi connectivity index (χ0v) is 8.92. The van der Waals surface area contributed by atoms with Gasteiger partial charge in [0.1, 0.15) is 0 Å². The van der Waals surface area contributed by atoms with Crippen LogP contribution in [-0.4, -0.2) is 23.8 Å². The van der Waals surface area contributed by atoms with Gasteiger partial charge in [-0.05, 0) is 32.1 Å². The molecule has 0 radical (unpaired) electrons. The maximum Gasteiger partial charge on any atom is 0.0584 e. The minimum absolute atomic E-state index is 0.271. The van der Waals surface area contributed by atoms with Crippen molar-refractivity contribution in [3.05, 3.63) is 0 Å². The second-order valence-corrected chi connectivity index (χ2v) is 4.29. The Hall–Kier alpha value is -0.0800. The number of nitrogens with one attached hydrogen (secondary N) is 1. The molecule has 1 rings (SSSR count). The fourth-order valence-corrected chi connectivity index (χ4v) is 2.26. The maximum atomic E-state index is 9.06. The predicted octanol–water partition coefficient (Wildman–Crippen LogP) is 1.93. The Bertz CT molecular complexity index is 128. The number of hydrogen-bond donors (Lipinski definition) is 2. The molecule has 0 saturated heterocycles. The van der Waals surface area contributed by atoms with E-state index in [1.807, 2.05) is 0 Å². The highest BCUT2D eigenvalue weighted by Gasteiger charge is 2.22. The Labute approximate surface area is 81.7 Å². The summed E-state index contributed by atoms with van der Waals surface area (Å²) in [5, 5.41) is 12.6. The lowest BCUT2D eigenvalue weighted by molar-refractivity contribution is 0.215. The van der Waals surface area contributed by atoms with E-state index in [-0.39, 0.29) is 6.61 Å². The number of rotatable bonds is 5. The van der Waals surface area contributed by atoms with Crippen molar-refractivity contribution < 1.29 is 5.11 Å². The molecular formula is C11H23NO. The van der Waals surface area contributed by atoms with Crippen LogP contribution in [0.25, 0.3) is 0 Å². The SMILES string of the molecule is CC[C@@H](CO)NC(C)C1CCCC1. The van der Waals surface area contributed by atoms with Gasteiger partial charge < -0.3 is 10.4 Å². The molecule has 0 amide bonds. The minimum Gasteiger partial charge on any atom is -0.395 e. The van der Waals surface area contributed by atoms with E-state index in [9.17, 15) is 0 Å². The molecule has 0 aromatic rings. The molecule has 78 valence electrons. The topological polar surface area (TPSA) is 32.3 Å². The lowest BCUT2D eigenvalue weighted by Crippen LogP contribution is -2.41. The summed E-state index contributed by atoms with van der Waals surface area (Å²) in [4.78, 5) is 0. The first-order chi connectivity index (χ1) is 6.27. The second kappa shape index (κ2) is 5.61. The third kappa shape index (κ3) is 3.28. The van der Waals surface area contributed by atoms with Crippen LogP contribution in [0.2, 0.25) is 0 Å². The van der Waals surface area contributed by atoms with Gasteiger partial charge in [-0.25, -0.2) is 0 Å². The Morgan fingerprint density at radius 2 is 2.00 bits per heavy atom. The van der Waals surface area contributed by atoms with Crippen LogP contribution in [-0.2, 0) is 0 Å². The minimum atomic E-state index is 0.271. The van der Waals surface area contributed by atoms with Gasteiger partial charge in [0.25, 0.3) is 0 Å². The first-order valence-electron chi connectivity index (χ1n) is 5.64. The van der Waals surface area contributed by atoms with E-state index in [1.54, 1.807) is 0 Å². The quantitative estimate of drug-likeness (QED) is 0.686. The summed E-state index contributed by atoms with van der Waals surface area (Å²) in [6, 6.07) is 0.884. The van der Waals surface area contributed by atoms with Crippen molar-refractivity contribution in [2.24, 2.45) is 5.92 Å². The molecule has 2 nitrogen and oxygen atoms in total. The molecule has 0 bridgehead atoms. The fraction of sp³-hybridized carbons (Fsp3) is 1.00. The number of aliphatic hydroxyl groups excluding tert-OH is 1. The summed E-state index contributed by atoms with van der Waals surface area (Å²) >= 11 is 0. The molecule has 0 heterocycles. The molecule has 2 heteroatoms. The predicted molar refractivity (Wildman–Crippen MR) is 55.7 cm³/mol. The molecule has 0 spiro atoms. The zero-order chi connectivity index (χ0) is 9.68. The van der Waals surface area contributed by atoms with Crippen molar-refractivity contribution >= 4 is 0 Å². The van der Waals surface area contributed by atoms with Crippen LogP contribution >= 0.6 is 0 Å². The van der Waals surface area contributed by atoms with Crippen molar-refractivity contribution in [2.75, 3.05) is 6.61 Å². The van der Waals surface area contributed by atoms with E-state index in [0.717, 1.165) is 12.3 Å². The summed E-state index contributed by atoms with van der Waals surface area (Å²) < 4.78 is 0. The van der Waals surface area contributed by atoms with Crippen LogP contribution in [0.4, 0.5) is 0 Å². The average molecular weight is 185 g/mol. The van der Waals surface area contributed by atoms with E-state index >= 15 is 0 Å². The maximum absolute atomic E-state index is 9.06. The van der Waals surface area contributed by atoms with Gasteiger partial charge in [0.05, 0.1) is 6.61 Å². The molecule has 0 aromatic heterocycles. The van der Waals surface area contributed by atoms with Crippen LogP contribution in [0.5, 0.6) is 0 Å². The molecule has 0 aromatic carbocycles. The average Bonchev–Trinajstić information content (AvgIpc) is 2.66. The molecule has 1 unspecified atom stereocenters. The van der Waals surface area contributed by atoms with Crippen LogP contribution in [0, 0.1) is 5.92 Å². The summed E-state index contributed by atoms with van der Waals surface area (Å²) in [5.41, 5.74) is 0. The van der Waals surface area contributed by atoms with Crippen molar-refractivity contribution in [1.29, 1.82) is 0 Å². The second-order valence-electron chi connectivity index (χ2n) is 4.29. The molecule has 1 saturated carbocycles. The van der Waals surface area contributed by atoms with E-state index in [4.69, 9.17) is 5.11 Å². The van der Waals surface area contributed by atoms with Crippen molar-refractivity contribution in [3.8, 4) is 0 Å². The molecule has 0 aliphatic heterocycles. The Balaban J connectivity index is 2.25. The molecule has 1 aliphatic rings. The first-order valence-corrected chi connectivity index (χ1v) is 5.64. The van der Waals surface area contributed by atoms with Crippen LogP contribution in [0.1, 0.15) is 46.0 Å². The standard InChI is InChI=1S/C11H23NO/c1-3-11(8-13)12-9(2)10-6-4-5-7-10/h9-13H,3-8H2,1-2H3/t9?,11-/m0/s1. The van der Waals surface area contributed by atoms with Gasteiger partial charge in [0, 0.05) is 12.1 Å². The van der Waals surface area contributed by atoms with E-state index in [2.05, 4.69) is 19.2 Å². The van der Waals surface area contributed by atoms with Gasteiger partial charge >= 0.3 is 0 Å². The van der Waals surface area contributed by atoms with Crippen molar-refractivity contribution in [2.45, 2.75) is 58.0 Å². The summed E-state index contributed by atoms with van der Waals surface area (Å²) in [7, 11) is 0. The zero-order valence-electron chi connectivity index (χ0n) is 8.92. The highest BCUT2D eigenvalue weighted by molar-refractivity contribution is 4.79. The number of hydrogen-bond acceptors (Lipinski definition) is 2. The first kappa shape index (κ1) is 11.0. The van der Waals surface area contributed by atoms with Gasteiger partial charge in [0.2, 0.25) is 0 Å². The summed E-state index contributed by atoms with van der Waals surface area (Å²) in [5.74, 6) is 0.848. The monoisotopic (exact) mass is 185 g/mol. The summed E-state index contributed by atoms with van der Waals surface area (Å²) in [6.07, 6.45) is 6.55. The normalized spacial score (nSPS) is 23.3. The third-order valence-corrected chi connectivity index (χ3v) is 3.32. The van der Waals surface area contributed by atoms with Gasteiger partial charge in [-0.15, -0.1) is 0 Å². The van der Waals surface area contributed by atoms with Gasteiger partial charge in [-0.2, -0.15) is 0 Å². The largest absolute Gasteiger partial charge is 0.395 e. The fourth-order valence-electron chi connectivity index (χ4n) is 2.26. The molecule has 2 N–H and O–H groups in total. The lowest BCUT2D eigenvalue weighted by Gasteiger charge is -2.25. The molecule has 13 heavy (non-hydrogen) atoms. The smallest absolute Gasteiger partial charge is 0.0584 e.